The monoisotopic (exact) mass is 232 g/mol. The highest BCUT2D eigenvalue weighted by atomic mass is 32.2. The summed E-state index contributed by atoms with van der Waals surface area (Å²) in [7, 11) is 1.69. The van der Waals surface area contributed by atoms with Crippen LogP contribution in [0.1, 0.15) is 12.6 Å². The van der Waals surface area contributed by atoms with Gasteiger partial charge in [-0.25, -0.2) is 0 Å². The van der Waals surface area contributed by atoms with Gasteiger partial charge < -0.3 is 9.72 Å². The largest absolute Gasteiger partial charge is 0.497 e. The number of thioether (sulfide) groups is 1. The van der Waals surface area contributed by atoms with Gasteiger partial charge in [-0.2, -0.15) is 0 Å². The maximum Gasteiger partial charge on any atom is 0.119 e. The van der Waals surface area contributed by atoms with E-state index in [1.54, 1.807) is 18.9 Å². The molecule has 0 unspecified atom stereocenters. The van der Waals surface area contributed by atoms with Crippen LogP contribution in [0.15, 0.2) is 28.1 Å². The molecule has 1 aliphatic rings. The van der Waals surface area contributed by atoms with Crippen LogP contribution in [0.25, 0.3) is 10.9 Å². The second kappa shape index (κ2) is 3.56. The van der Waals surface area contributed by atoms with E-state index >= 15 is 0 Å². The molecule has 0 bridgehead atoms. The molecule has 0 atom stereocenters. The third-order valence-electron chi connectivity index (χ3n) is 2.83. The number of H-pyrrole nitrogens is 1. The van der Waals surface area contributed by atoms with Gasteiger partial charge in [0.1, 0.15) is 5.75 Å². The van der Waals surface area contributed by atoms with Crippen molar-refractivity contribution >= 4 is 28.4 Å². The van der Waals surface area contributed by atoms with E-state index in [0.29, 0.717) is 0 Å². The van der Waals surface area contributed by atoms with Gasteiger partial charge in [0.15, 0.2) is 0 Å². The van der Waals surface area contributed by atoms with Crippen molar-refractivity contribution in [3.63, 3.8) is 0 Å². The molecule has 0 amide bonds. The lowest BCUT2D eigenvalue weighted by Gasteiger charge is -2.08. The van der Waals surface area contributed by atoms with Crippen LogP contribution >= 0.6 is 11.8 Å². The molecule has 2 aromatic rings. The van der Waals surface area contributed by atoms with Gasteiger partial charge in [-0.15, -0.1) is 0 Å². The minimum atomic E-state index is 0.809. The Labute approximate surface area is 97.9 Å². The number of fused-ring (bicyclic) bond motifs is 3. The van der Waals surface area contributed by atoms with E-state index in [4.69, 9.17) is 4.74 Å². The Hall–Kier alpha value is -1.42. The van der Waals surface area contributed by atoms with Crippen LogP contribution in [0.4, 0.5) is 0 Å². The van der Waals surface area contributed by atoms with Crippen LogP contribution < -0.4 is 4.74 Å². The summed E-state index contributed by atoms with van der Waals surface area (Å²) in [6.45, 7) is 2.05. The third kappa shape index (κ3) is 1.33. The lowest BCUT2D eigenvalue weighted by Crippen LogP contribution is -2.01. The molecule has 0 fully saturated rings. The molecule has 3 rings (SSSR count). The van der Waals surface area contributed by atoms with Crippen LogP contribution in [0, 0.1) is 0 Å². The van der Waals surface area contributed by atoms with Crippen molar-refractivity contribution in [2.24, 2.45) is 4.99 Å². The first kappa shape index (κ1) is 9.78. The Morgan fingerprint density at radius 3 is 3.12 bits per heavy atom. The predicted molar refractivity (Wildman–Crippen MR) is 67.8 cm³/mol. The summed E-state index contributed by atoms with van der Waals surface area (Å²) in [5, 5.41) is 1.23. The third-order valence-corrected chi connectivity index (χ3v) is 3.80. The average molecular weight is 232 g/mol. The Bertz CT molecular complexity index is 586. The second-order valence-corrected chi connectivity index (χ2v) is 4.71. The molecule has 1 aromatic carbocycles. The van der Waals surface area contributed by atoms with E-state index in [1.807, 2.05) is 13.0 Å². The highest BCUT2D eigenvalue weighted by Crippen LogP contribution is 2.36. The summed E-state index contributed by atoms with van der Waals surface area (Å²) in [5.74, 6) is 1.71. The molecule has 82 valence electrons. The van der Waals surface area contributed by atoms with Gasteiger partial charge in [0, 0.05) is 15.8 Å². The number of aliphatic imine (C=N–C) groups is 1. The van der Waals surface area contributed by atoms with Gasteiger partial charge in [0.05, 0.1) is 24.4 Å². The average Bonchev–Trinajstić information content (AvgIpc) is 2.68. The minimum absolute atomic E-state index is 0.809. The molecule has 0 aliphatic carbocycles. The first-order valence-electron chi connectivity index (χ1n) is 5.13. The van der Waals surface area contributed by atoms with Crippen molar-refractivity contribution in [2.75, 3.05) is 13.0 Å². The molecule has 1 N–H and O–H groups in total. The molecule has 2 heterocycles. The SMILES string of the molecule is COc1ccc2[nH]c3c(c2c1)SCN=C3C. The van der Waals surface area contributed by atoms with Gasteiger partial charge in [-0.05, 0) is 25.1 Å². The zero-order valence-electron chi connectivity index (χ0n) is 9.20. The molecule has 1 aromatic heterocycles. The van der Waals surface area contributed by atoms with Gasteiger partial charge in [0.25, 0.3) is 0 Å². The second-order valence-electron chi connectivity index (χ2n) is 3.76. The molecule has 1 aliphatic heterocycles. The Morgan fingerprint density at radius 1 is 1.44 bits per heavy atom. The van der Waals surface area contributed by atoms with Crippen molar-refractivity contribution in [1.82, 2.24) is 4.98 Å². The molecule has 0 spiro atoms. The van der Waals surface area contributed by atoms with Gasteiger partial charge in [-0.3, -0.25) is 4.99 Å². The van der Waals surface area contributed by atoms with Crippen molar-refractivity contribution in [3.05, 3.63) is 23.9 Å². The lowest BCUT2D eigenvalue weighted by atomic mass is 10.2. The van der Waals surface area contributed by atoms with Crippen LogP contribution in [0.3, 0.4) is 0 Å². The fourth-order valence-corrected chi connectivity index (χ4v) is 3.01. The first-order valence-corrected chi connectivity index (χ1v) is 6.12. The number of rotatable bonds is 1. The van der Waals surface area contributed by atoms with Crippen LogP contribution in [0.5, 0.6) is 5.75 Å². The summed E-state index contributed by atoms with van der Waals surface area (Å²) in [6.07, 6.45) is 0. The smallest absolute Gasteiger partial charge is 0.119 e. The fourth-order valence-electron chi connectivity index (χ4n) is 1.95. The number of hydrogen-bond donors (Lipinski definition) is 1. The van der Waals surface area contributed by atoms with E-state index in [9.17, 15) is 0 Å². The zero-order chi connectivity index (χ0) is 11.1. The van der Waals surface area contributed by atoms with Crippen LogP contribution in [-0.4, -0.2) is 23.7 Å². The maximum atomic E-state index is 5.26. The summed E-state index contributed by atoms with van der Waals surface area (Å²) in [5.41, 5.74) is 3.39. The fraction of sp³-hybridized carbons (Fsp3) is 0.250. The van der Waals surface area contributed by atoms with E-state index in [-0.39, 0.29) is 0 Å². The summed E-state index contributed by atoms with van der Waals surface area (Å²) in [6, 6.07) is 6.11. The van der Waals surface area contributed by atoms with Gasteiger partial charge >= 0.3 is 0 Å². The number of benzene rings is 1. The lowest BCUT2D eigenvalue weighted by molar-refractivity contribution is 0.415. The van der Waals surface area contributed by atoms with Crippen molar-refractivity contribution in [3.8, 4) is 5.75 Å². The van der Waals surface area contributed by atoms with Crippen molar-refractivity contribution in [2.45, 2.75) is 11.8 Å². The molecule has 0 saturated heterocycles. The number of nitrogens with zero attached hydrogens (tertiary/aromatic N) is 1. The normalized spacial score (nSPS) is 14.8. The number of ether oxygens (including phenoxy) is 1. The van der Waals surface area contributed by atoms with Crippen molar-refractivity contribution < 1.29 is 4.74 Å². The van der Waals surface area contributed by atoms with Crippen LogP contribution in [-0.2, 0) is 0 Å². The van der Waals surface area contributed by atoms with Gasteiger partial charge in [-0.1, -0.05) is 11.8 Å². The standard InChI is InChI=1S/C12H12N2OS/c1-7-11-12(16-6-13-7)9-5-8(15-2)3-4-10(9)14-11/h3-5,14H,6H2,1-2H3. The topological polar surface area (TPSA) is 37.4 Å². The van der Waals surface area contributed by atoms with Crippen molar-refractivity contribution in [1.29, 1.82) is 0 Å². The number of aromatic amines is 1. The molecule has 0 saturated carbocycles. The summed E-state index contributed by atoms with van der Waals surface area (Å²) in [4.78, 5) is 9.13. The minimum Gasteiger partial charge on any atom is -0.497 e. The number of methoxy groups -OCH3 is 1. The number of nitrogens with one attached hydrogen (secondary N) is 1. The zero-order valence-corrected chi connectivity index (χ0v) is 10.0. The van der Waals surface area contributed by atoms with E-state index in [0.717, 1.165) is 28.5 Å². The molecule has 16 heavy (non-hydrogen) atoms. The molecule has 3 nitrogen and oxygen atoms in total. The first-order chi connectivity index (χ1) is 7.79. The highest BCUT2D eigenvalue weighted by molar-refractivity contribution is 7.99. The quantitative estimate of drug-likeness (QED) is 0.820. The molecular formula is C12H12N2OS. The summed E-state index contributed by atoms with van der Waals surface area (Å²) >= 11 is 1.77. The predicted octanol–water partition coefficient (Wildman–Crippen LogP) is 3.05. The molecule has 0 radical (unpaired) electrons. The van der Waals surface area contributed by atoms with Crippen LogP contribution in [0.2, 0.25) is 0 Å². The molecule has 4 heteroatoms. The van der Waals surface area contributed by atoms with E-state index in [1.165, 1.54) is 10.3 Å². The molecular weight excluding hydrogens is 220 g/mol. The highest BCUT2D eigenvalue weighted by Gasteiger charge is 2.17. The maximum absolute atomic E-state index is 5.26. The van der Waals surface area contributed by atoms with E-state index < -0.39 is 0 Å². The Morgan fingerprint density at radius 2 is 2.31 bits per heavy atom. The number of hydrogen-bond acceptors (Lipinski definition) is 3. The van der Waals surface area contributed by atoms with Gasteiger partial charge in [0.2, 0.25) is 0 Å². The summed E-state index contributed by atoms with van der Waals surface area (Å²) < 4.78 is 5.26. The Kier molecular flexibility index (Phi) is 2.17. The number of aromatic nitrogens is 1. The Balaban J connectivity index is 2.30. The van der Waals surface area contributed by atoms with E-state index in [2.05, 4.69) is 22.1 Å².